The van der Waals surface area contributed by atoms with Crippen LogP contribution in [-0.2, 0) is 0 Å². The maximum Gasteiger partial charge on any atom is 0.573 e. The fraction of sp³-hybridized carbons (Fsp3) is 0.125. The van der Waals surface area contributed by atoms with Crippen LogP contribution in [0.15, 0.2) is 51.9 Å². The Hall–Kier alpha value is -2.19. The average Bonchev–Trinajstić information content (AvgIpc) is 3.04. The number of hydrogen-bond acceptors (Lipinski definition) is 5. The van der Waals surface area contributed by atoms with E-state index in [0.717, 1.165) is 4.90 Å². The summed E-state index contributed by atoms with van der Waals surface area (Å²) in [6.07, 6.45) is -2.86. The zero-order valence-electron chi connectivity index (χ0n) is 12.7. The maximum atomic E-state index is 12.3. The van der Waals surface area contributed by atoms with Gasteiger partial charge in [-0.2, -0.15) is 4.98 Å². The van der Waals surface area contributed by atoms with Gasteiger partial charge < -0.3 is 9.26 Å². The maximum absolute atomic E-state index is 12.3. The molecule has 0 aliphatic rings. The topological polar surface area (TPSA) is 48.2 Å². The Balaban J connectivity index is 1.93. The van der Waals surface area contributed by atoms with Crippen LogP contribution in [0.4, 0.5) is 13.2 Å². The minimum absolute atomic E-state index is 0.133. The Labute approximate surface area is 149 Å². The lowest BCUT2D eigenvalue weighted by molar-refractivity contribution is -0.274. The summed E-state index contributed by atoms with van der Waals surface area (Å²) in [6.45, 7) is 0. The molecule has 0 fully saturated rings. The van der Waals surface area contributed by atoms with Gasteiger partial charge in [-0.1, -0.05) is 28.9 Å². The van der Waals surface area contributed by atoms with E-state index >= 15 is 0 Å². The first kappa shape index (κ1) is 17.6. The Morgan fingerprint density at radius 3 is 2.68 bits per heavy atom. The highest BCUT2D eigenvalue weighted by molar-refractivity contribution is 7.98. The molecule has 0 bridgehead atoms. The van der Waals surface area contributed by atoms with Gasteiger partial charge in [-0.25, -0.2) is 0 Å². The van der Waals surface area contributed by atoms with Gasteiger partial charge in [0.15, 0.2) is 0 Å². The molecule has 130 valence electrons. The smallest absolute Gasteiger partial charge is 0.406 e. The average molecular weight is 387 g/mol. The lowest BCUT2D eigenvalue weighted by atomic mass is 10.2. The summed E-state index contributed by atoms with van der Waals surface area (Å²) in [4.78, 5) is 5.17. The minimum Gasteiger partial charge on any atom is -0.406 e. The Morgan fingerprint density at radius 2 is 1.96 bits per heavy atom. The van der Waals surface area contributed by atoms with Crippen LogP contribution in [0.25, 0.3) is 22.8 Å². The molecule has 9 heteroatoms. The molecule has 1 heterocycles. The predicted octanol–water partition coefficient (Wildman–Crippen LogP) is 5.68. The fourth-order valence-electron chi connectivity index (χ4n) is 2.08. The highest BCUT2D eigenvalue weighted by Gasteiger charge is 2.31. The van der Waals surface area contributed by atoms with Crippen molar-refractivity contribution in [1.29, 1.82) is 0 Å². The van der Waals surface area contributed by atoms with E-state index in [-0.39, 0.29) is 17.5 Å². The summed E-state index contributed by atoms with van der Waals surface area (Å²) in [5.74, 6) is -0.0509. The van der Waals surface area contributed by atoms with E-state index in [0.29, 0.717) is 16.1 Å². The SMILES string of the molecule is CSc1ccc(Cl)c(-c2nc(-c3cccc(OC(F)(F)F)c3)no2)c1. The summed E-state index contributed by atoms with van der Waals surface area (Å²) in [5.41, 5.74) is 0.879. The minimum atomic E-state index is -4.77. The highest BCUT2D eigenvalue weighted by atomic mass is 35.5. The van der Waals surface area contributed by atoms with Crippen molar-refractivity contribution in [1.82, 2.24) is 10.1 Å². The van der Waals surface area contributed by atoms with Gasteiger partial charge in [0.05, 0.1) is 10.6 Å². The molecule has 0 atom stereocenters. The van der Waals surface area contributed by atoms with Crippen LogP contribution in [0, 0.1) is 0 Å². The third-order valence-corrected chi connectivity index (χ3v) is 4.21. The molecule has 0 aliphatic heterocycles. The van der Waals surface area contributed by atoms with Gasteiger partial charge in [0.25, 0.3) is 5.89 Å². The number of alkyl halides is 3. The molecule has 0 saturated heterocycles. The van der Waals surface area contributed by atoms with Crippen molar-refractivity contribution in [2.75, 3.05) is 6.26 Å². The number of ether oxygens (including phenoxy) is 1. The van der Waals surface area contributed by atoms with Gasteiger partial charge in [0.2, 0.25) is 5.82 Å². The predicted molar refractivity (Wildman–Crippen MR) is 88.6 cm³/mol. The van der Waals surface area contributed by atoms with E-state index in [9.17, 15) is 13.2 Å². The molecule has 2 aromatic carbocycles. The molecular weight excluding hydrogens is 377 g/mol. The van der Waals surface area contributed by atoms with Gasteiger partial charge in [0, 0.05) is 10.5 Å². The van der Waals surface area contributed by atoms with Crippen LogP contribution in [0.2, 0.25) is 5.02 Å². The Kier molecular flexibility index (Phi) is 4.91. The lowest BCUT2D eigenvalue weighted by Gasteiger charge is -2.08. The van der Waals surface area contributed by atoms with Gasteiger partial charge >= 0.3 is 6.36 Å². The molecule has 0 saturated carbocycles. The molecule has 25 heavy (non-hydrogen) atoms. The largest absolute Gasteiger partial charge is 0.573 e. The number of nitrogens with zero attached hydrogens (tertiary/aromatic N) is 2. The van der Waals surface area contributed by atoms with E-state index < -0.39 is 6.36 Å². The monoisotopic (exact) mass is 386 g/mol. The molecule has 0 unspecified atom stereocenters. The number of aromatic nitrogens is 2. The van der Waals surface area contributed by atoms with E-state index in [4.69, 9.17) is 16.1 Å². The second-order valence-electron chi connectivity index (χ2n) is 4.84. The number of benzene rings is 2. The molecule has 1 aromatic heterocycles. The molecule has 0 spiro atoms. The molecule has 3 aromatic rings. The van der Waals surface area contributed by atoms with Crippen molar-refractivity contribution in [2.45, 2.75) is 11.3 Å². The van der Waals surface area contributed by atoms with E-state index in [1.807, 2.05) is 12.3 Å². The molecule has 0 N–H and O–H groups in total. The Morgan fingerprint density at radius 1 is 1.16 bits per heavy atom. The number of rotatable bonds is 4. The van der Waals surface area contributed by atoms with Crippen molar-refractivity contribution >= 4 is 23.4 Å². The first-order valence-electron chi connectivity index (χ1n) is 6.89. The lowest BCUT2D eigenvalue weighted by Crippen LogP contribution is -2.17. The third-order valence-electron chi connectivity index (χ3n) is 3.16. The van der Waals surface area contributed by atoms with Crippen molar-refractivity contribution in [2.24, 2.45) is 0 Å². The zero-order valence-corrected chi connectivity index (χ0v) is 14.2. The van der Waals surface area contributed by atoms with Crippen molar-refractivity contribution < 1.29 is 22.4 Å². The summed E-state index contributed by atoms with van der Waals surface area (Å²) in [7, 11) is 0. The molecule has 0 radical (unpaired) electrons. The van der Waals surface area contributed by atoms with Crippen LogP contribution < -0.4 is 4.74 Å². The van der Waals surface area contributed by atoms with Crippen LogP contribution in [0.3, 0.4) is 0 Å². The molecule has 0 aliphatic carbocycles. The normalized spacial score (nSPS) is 11.6. The van der Waals surface area contributed by atoms with Crippen LogP contribution >= 0.6 is 23.4 Å². The first-order chi connectivity index (χ1) is 11.9. The molecule has 4 nitrogen and oxygen atoms in total. The standard InChI is InChI=1S/C16H10ClF3N2O2S/c1-25-11-5-6-13(17)12(8-11)15-21-14(22-24-15)9-3-2-4-10(7-9)23-16(18,19)20/h2-8H,1H3. The van der Waals surface area contributed by atoms with E-state index in [1.165, 1.54) is 30.0 Å². The fourth-order valence-corrected chi connectivity index (χ4v) is 2.72. The number of halogens is 4. The summed E-state index contributed by atoms with van der Waals surface area (Å²) < 4.78 is 46.1. The zero-order chi connectivity index (χ0) is 18.0. The molecular formula is C16H10ClF3N2O2S. The first-order valence-corrected chi connectivity index (χ1v) is 8.50. The van der Waals surface area contributed by atoms with E-state index in [2.05, 4.69) is 14.9 Å². The second kappa shape index (κ2) is 6.97. The van der Waals surface area contributed by atoms with Gasteiger partial charge in [-0.15, -0.1) is 24.9 Å². The van der Waals surface area contributed by atoms with Crippen LogP contribution in [0.5, 0.6) is 5.75 Å². The number of hydrogen-bond donors (Lipinski definition) is 0. The summed E-state index contributed by atoms with van der Waals surface area (Å²) in [5, 5.41) is 4.24. The summed E-state index contributed by atoms with van der Waals surface area (Å²) in [6, 6.07) is 10.7. The number of thioether (sulfide) groups is 1. The van der Waals surface area contributed by atoms with Crippen molar-refractivity contribution in [3.8, 4) is 28.6 Å². The quantitative estimate of drug-likeness (QED) is 0.540. The van der Waals surface area contributed by atoms with Crippen molar-refractivity contribution in [3.05, 3.63) is 47.5 Å². The highest BCUT2D eigenvalue weighted by Crippen LogP contribution is 2.32. The van der Waals surface area contributed by atoms with Gasteiger partial charge in [-0.05, 0) is 36.6 Å². The van der Waals surface area contributed by atoms with Crippen molar-refractivity contribution in [3.63, 3.8) is 0 Å². The van der Waals surface area contributed by atoms with Gasteiger partial charge in [0.1, 0.15) is 5.75 Å². The molecule has 3 rings (SSSR count). The van der Waals surface area contributed by atoms with Crippen LogP contribution in [0.1, 0.15) is 0 Å². The second-order valence-corrected chi connectivity index (χ2v) is 6.13. The van der Waals surface area contributed by atoms with E-state index in [1.54, 1.807) is 18.2 Å². The summed E-state index contributed by atoms with van der Waals surface area (Å²) >= 11 is 7.68. The third kappa shape index (κ3) is 4.26. The Bertz CT molecular complexity index is 899. The van der Waals surface area contributed by atoms with Crippen LogP contribution in [-0.4, -0.2) is 22.8 Å². The van der Waals surface area contributed by atoms with Gasteiger partial charge in [-0.3, -0.25) is 0 Å². The molecule has 0 amide bonds.